The van der Waals surface area contributed by atoms with Gasteiger partial charge in [-0.1, -0.05) is 15.9 Å². The number of ether oxygens (including phenoxy) is 1. The molecule has 1 aromatic carbocycles. The van der Waals surface area contributed by atoms with Gasteiger partial charge in [0.1, 0.15) is 5.75 Å². The van der Waals surface area contributed by atoms with Crippen LogP contribution in [-0.4, -0.2) is 51.3 Å². The van der Waals surface area contributed by atoms with Crippen LogP contribution >= 0.6 is 31.9 Å². The highest BCUT2D eigenvalue weighted by Gasteiger charge is 2.10. The van der Waals surface area contributed by atoms with E-state index in [1.807, 2.05) is 6.07 Å². The molecule has 1 aliphatic rings. The molecule has 0 aromatic heterocycles. The first-order valence-electron chi connectivity index (χ1n) is 6.86. The van der Waals surface area contributed by atoms with Gasteiger partial charge in [0.25, 0.3) is 0 Å². The molecule has 2 N–H and O–H groups in total. The van der Waals surface area contributed by atoms with Crippen molar-refractivity contribution in [3.8, 4) is 5.75 Å². The van der Waals surface area contributed by atoms with Gasteiger partial charge in [0.05, 0.1) is 11.6 Å². The number of nitrogens with one attached hydrogen (secondary N) is 2. The summed E-state index contributed by atoms with van der Waals surface area (Å²) in [5.74, 6) is 0.905. The van der Waals surface area contributed by atoms with Gasteiger partial charge in [0.15, 0.2) is 0 Å². The molecule has 2 rings (SSSR count). The van der Waals surface area contributed by atoms with E-state index >= 15 is 0 Å². The van der Waals surface area contributed by atoms with Crippen molar-refractivity contribution in [3.63, 3.8) is 0 Å². The molecule has 0 amide bonds. The molecule has 6 heteroatoms. The molecule has 20 heavy (non-hydrogen) atoms. The summed E-state index contributed by atoms with van der Waals surface area (Å²) < 4.78 is 7.49. The summed E-state index contributed by atoms with van der Waals surface area (Å²) in [6.07, 6.45) is 0. The Morgan fingerprint density at radius 1 is 1.30 bits per heavy atom. The predicted octanol–water partition coefficient (Wildman–Crippen LogP) is 2.21. The van der Waals surface area contributed by atoms with E-state index < -0.39 is 0 Å². The molecule has 1 fully saturated rings. The van der Waals surface area contributed by atoms with Gasteiger partial charge in [-0.05, 0) is 28.1 Å². The lowest BCUT2D eigenvalue weighted by Crippen LogP contribution is -2.45. The molecule has 1 saturated heterocycles. The average molecular weight is 407 g/mol. The number of halogens is 2. The molecular weight excluding hydrogens is 386 g/mol. The van der Waals surface area contributed by atoms with Crippen molar-refractivity contribution < 1.29 is 4.74 Å². The number of rotatable bonds is 6. The second-order valence-electron chi connectivity index (χ2n) is 4.85. The van der Waals surface area contributed by atoms with Gasteiger partial charge in [0, 0.05) is 55.8 Å². The summed E-state index contributed by atoms with van der Waals surface area (Å²) in [5.41, 5.74) is 1.16. The first kappa shape index (κ1) is 16.2. The zero-order chi connectivity index (χ0) is 14.4. The van der Waals surface area contributed by atoms with E-state index in [0.717, 1.165) is 66.1 Å². The third kappa shape index (κ3) is 4.70. The van der Waals surface area contributed by atoms with Crippen LogP contribution in [0.3, 0.4) is 0 Å². The average Bonchev–Trinajstić information content (AvgIpc) is 2.44. The molecule has 0 unspecified atom stereocenters. The van der Waals surface area contributed by atoms with Crippen molar-refractivity contribution in [1.82, 2.24) is 15.5 Å². The van der Waals surface area contributed by atoms with Gasteiger partial charge < -0.3 is 15.4 Å². The highest BCUT2D eigenvalue weighted by atomic mass is 79.9. The summed E-state index contributed by atoms with van der Waals surface area (Å²) >= 11 is 7.05. The van der Waals surface area contributed by atoms with Gasteiger partial charge in [-0.25, -0.2) is 0 Å². The fourth-order valence-electron chi connectivity index (χ4n) is 2.37. The molecular formula is C14H21Br2N3O. The third-order valence-corrected chi connectivity index (χ3v) is 4.47. The predicted molar refractivity (Wildman–Crippen MR) is 89.4 cm³/mol. The van der Waals surface area contributed by atoms with Gasteiger partial charge >= 0.3 is 0 Å². The Morgan fingerprint density at radius 2 is 2.05 bits per heavy atom. The molecule has 0 atom stereocenters. The van der Waals surface area contributed by atoms with Crippen LogP contribution in [0, 0.1) is 0 Å². The third-order valence-electron chi connectivity index (χ3n) is 3.42. The van der Waals surface area contributed by atoms with Crippen molar-refractivity contribution in [1.29, 1.82) is 0 Å². The van der Waals surface area contributed by atoms with Crippen molar-refractivity contribution in [2.24, 2.45) is 0 Å². The van der Waals surface area contributed by atoms with Crippen LogP contribution in [0.1, 0.15) is 5.56 Å². The first-order chi connectivity index (χ1) is 9.70. The smallest absolute Gasteiger partial charge is 0.137 e. The summed E-state index contributed by atoms with van der Waals surface area (Å²) in [7, 11) is 1.71. The van der Waals surface area contributed by atoms with E-state index in [4.69, 9.17) is 4.74 Å². The topological polar surface area (TPSA) is 36.5 Å². The molecule has 0 bridgehead atoms. The maximum Gasteiger partial charge on any atom is 0.137 e. The second-order valence-corrected chi connectivity index (χ2v) is 6.62. The minimum absolute atomic E-state index is 0.813. The Labute approximate surface area is 137 Å². The van der Waals surface area contributed by atoms with Crippen LogP contribution < -0.4 is 15.4 Å². The molecule has 1 aliphatic heterocycles. The normalized spacial score (nSPS) is 16.4. The number of methoxy groups -OCH3 is 1. The number of hydrogen-bond acceptors (Lipinski definition) is 4. The zero-order valence-corrected chi connectivity index (χ0v) is 14.9. The number of nitrogens with zero attached hydrogens (tertiary/aromatic N) is 1. The van der Waals surface area contributed by atoms with Gasteiger partial charge in [-0.3, -0.25) is 4.90 Å². The van der Waals surface area contributed by atoms with Crippen LogP contribution in [0.5, 0.6) is 5.75 Å². The molecule has 1 heterocycles. The van der Waals surface area contributed by atoms with E-state index in [2.05, 4.69) is 53.5 Å². The number of benzene rings is 1. The zero-order valence-electron chi connectivity index (χ0n) is 11.7. The molecule has 112 valence electrons. The lowest BCUT2D eigenvalue weighted by atomic mass is 10.2. The Kier molecular flexibility index (Phi) is 6.77. The Hall–Kier alpha value is -0.140. The lowest BCUT2D eigenvalue weighted by Gasteiger charge is -2.27. The summed E-state index contributed by atoms with van der Waals surface area (Å²) in [4.78, 5) is 2.48. The molecule has 4 nitrogen and oxygen atoms in total. The SMILES string of the molecule is COc1c(Br)cc(Br)cc1CNCCN1CCNCC1. The second kappa shape index (κ2) is 8.34. The Balaban J connectivity index is 1.81. The van der Waals surface area contributed by atoms with E-state index in [1.165, 1.54) is 0 Å². The van der Waals surface area contributed by atoms with Crippen LogP contribution in [-0.2, 0) is 6.54 Å². The maximum absolute atomic E-state index is 5.45. The van der Waals surface area contributed by atoms with Crippen LogP contribution in [0.4, 0.5) is 0 Å². The van der Waals surface area contributed by atoms with Gasteiger partial charge in [-0.15, -0.1) is 0 Å². The number of hydrogen-bond donors (Lipinski definition) is 2. The Bertz CT molecular complexity index is 437. The van der Waals surface area contributed by atoms with Crippen LogP contribution in [0.25, 0.3) is 0 Å². The quantitative estimate of drug-likeness (QED) is 0.710. The fraction of sp³-hybridized carbons (Fsp3) is 0.571. The highest BCUT2D eigenvalue weighted by molar-refractivity contribution is 9.11. The Morgan fingerprint density at radius 3 is 2.75 bits per heavy atom. The summed E-state index contributed by atoms with van der Waals surface area (Å²) in [6, 6.07) is 4.10. The maximum atomic E-state index is 5.45. The standard InChI is InChI=1S/C14H21Br2N3O/c1-20-14-11(8-12(15)9-13(14)16)10-18-4-7-19-5-2-17-3-6-19/h8-9,17-18H,2-7,10H2,1H3. The monoisotopic (exact) mass is 405 g/mol. The number of piperazine rings is 1. The van der Waals surface area contributed by atoms with E-state index in [1.54, 1.807) is 7.11 Å². The minimum Gasteiger partial charge on any atom is -0.495 e. The summed E-state index contributed by atoms with van der Waals surface area (Å²) in [6.45, 7) is 7.40. The molecule has 0 spiro atoms. The largest absolute Gasteiger partial charge is 0.495 e. The molecule has 0 aliphatic carbocycles. The summed E-state index contributed by atoms with van der Waals surface area (Å²) in [5, 5.41) is 6.86. The first-order valence-corrected chi connectivity index (χ1v) is 8.45. The van der Waals surface area contributed by atoms with Gasteiger partial charge in [-0.2, -0.15) is 0 Å². The lowest BCUT2D eigenvalue weighted by molar-refractivity contribution is 0.241. The minimum atomic E-state index is 0.813. The van der Waals surface area contributed by atoms with E-state index in [-0.39, 0.29) is 0 Å². The van der Waals surface area contributed by atoms with Crippen molar-refractivity contribution in [2.75, 3.05) is 46.4 Å². The molecule has 0 radical (unpaired) electrons. The van der Waals surface area contributed by atoms with E-state index in [0.29, 0.717) is 0 Å². The van der Waals surface area contributed by atoms with Gasteiger partial charge in [0.2, 0.25) is 0 Å². The van der Waals surface area contributed by atoms with Crippen LogP contribution in [0.15, 0.2) is 21.1 Å². The van der Waals surface area contributed by atoms with Crippen molar-refractivity contribution in [3.05, 3.63) is 26.6 Å². The van der Waals surface area contributed by atoms with E-state index in [9.17, 15) is 0 Å². The fourth-order valence-corrected chi connectivity index (χ4v) is 3.84. The molecule has 0 saturated carbocycles. The van der Waals surface area contributed by atoms with Crippen LogP contribution in [0.2, 0.25) is 0 Å². The molecule has 1 aromatic rings. The van der Waals surface area contributed by atoms with Crippen molar-refractivity contribution >= 4 is 31.9 Å². The highest BCUT2D eigenvalue weighted by Crippen LogP contribution is 2.32. The van der Waals surface area contributed by atoms with Crippen molar-refractivity contribution in [2.45, 2.75) is 6.54 Å².